The predicted octanol–water partition coefficient (Wildman–Crippen LogP) is 3.74. The van der Waals surface area contributed by atoms with Crippen molar-refractivity contribution in [2.75, 3.05) is 7.11 Å². The quantitative estimate of drug-likeness (QED) is 0.657. The molecule has 1 amide bonds. The van der Waals surface area contributed by atoms with Crippen molar-refractivity contribution in [1.82, 2.24) is 14.9 Å². The topological polar surface area (TPSA) is 73.2 Å². The van der Waals surface area contributed by atoms with Gasteiger partial charge in [0, 0.05) is 17.8 Å². The molecule has 0 fully saturated rings. The summed E-state index contributed by atoms with van der Waals surface area (Å²) in [5, 5.41) is 3.71. The molecule has 6 nitrogen and oxygen atoms in total. The second-order valence-corrected chi connectivity index (χ2v) is 7.96. The number of nitrogens with one attached hydrogen (secondary N) is 1. The molecule has 2 aromatic heterocycles. The molecule has 1 atom stereocenters. The minimum Gasteiger partial charge on any atom is -0.497 e. The summed E-state index contributed by atoms with van der Waals surface area (Å²) in [7, 11) is 1.63. The fourth-order valence-corrected chi connectivity index (χ4v) is 4.16. The number of carbonyl (C=O) groups excluding carboxylic acids is 1. The van der Waals surface area contributed by atoms with Crippen LogP contribution in [0.4, 0.5) is 0 Å². The third-order valence-corrected chi connectivity index (χ3v) is 6.11. The molecule has 0 aliphatic carbocycles. The first-order valence-corrected chi connectivity index (χ1v) is 10.1. The van der Waals surface area contributed by atoms with Gasteiger partial charge in [-0.15, -0.1) is 11.3 Å². The Hall–Kier alpha value is -2.67. The van der Waals surface area contributed by atoms with Crippen molar-refractivity contribution in [3.8, 4) is 5.75 Å². The molecule has 1 unspecified atom stereocenters. The van der Waals surface area contributed by atoms with E-state index < -0.39 is 0 Å². The van der Waals surface area contributed by atoms with Crippen molar-refractivity contribution in [2.24, 2.45) is 0 Å². The van der Waals surface area contributed by atoms with Crippen molar-refractivity contribution in [3.63, 3.8) is 0 Å². The molecule has 0 aliphatic rings. The van der Waals surface area contributed by atoms with Crippen LogP contribution in [0.3, 0.4) is 0 Å². The van der Waals surface area contributed by atoms with Gasteiger partial charge in [0.15, 0.2) is 0 Å². The Bertz CT molecular complexity index is 1040. The zero-order chi connectivity index (χ0) is 20.3. The van der Waals surface area contributed by atoms with Gasteiger partial charge in [-0.25, -0.2) is 4.98 Å². The summed E-state index contributed by atoms with van der Waals surface area (Å²) in [5.74, 6) is 0.694. The number of thiophene rings is 1. The normalized spacial score (nSPS) is 12.1. The molecule has 3 aromatic rings. The van der Waals surface area contributed by atoms with E-state index in [1.807, 2.05) is 45.0 Å². The lowest BCUT2D eigenvalue weighted by Crippen LogP contribution is -2.30. The molecule has 0 saturated carbocycles. The smallest absolute Gasteiger partial charge is 0.262 e. The monoisotopic (exact) mass is 399 g/mol. The number of amides is 1. The number of methoxy groups -OCH3 is 1. The van der Waals surface area contributed by atoms with Gasteiger partial charge in [-0.1, -0.05) is 19.1 Å². The highest BCUT2D eigenvalue weighted by Crippen LogP contribution is 2.25. The Morgan fingerprint density at radius 3 is 2.64 bits per heavy atom. The van der Waals surface area contributed by atoms with Gasteiger partial charge in [-0.3, -0.25) is 14.2 Å². The highest BCUT2D eigenvalue weighted by Gasteiger charge is 2.15. The maximum Gasteiger partial charge on any atom is 0.262 e. The Kier molecular flexibility index (Phi) is 6.14. The number of fused-ring (bicyclic) bond motifs is 1. The van der Waals surface area contributed by atoms with E-state index in [2.05, 4.69) is 10.3 Å². The second kappa shape index (κ2) is 8.56. The van der Waals surface area contributed by atoms with Crippen LogP contribution in [0.25, 0.3) is 10.2 Å². The molecule has 28 heavy (non-hydrogen) atoms. The standard InChI is InChI=1S/C21H25N3O3S/c1-5-17(15-6-8-16(27-4)9-7-15)23-18(25)10-11-24-12-22-20-19(21(24)26)13(2)14(3)28-20/h6-9,12,17H,5,10-11H2,1-4H3,(H,23,25). The van der Waals surface area contributed by atoms with E-state index in [-0.39, 0.29) is 23.9 Å². The van der Waals surface area contributed by atoms with Gasteiger partial charge in [0.05, 0.1) is 24.9 Å². The van der Waals surface area contributed by atoms with Crippen LogP contribution >= 0.6 is 11.3 Å². The van der Waals surface area contributed by atoms with Gasteiger partial charge in [0.2, 0.25) is 5.91 Å². The number of carbonyl (C=O) groups is 1. The van der Waals surface area contributed by atoms with Crippen molar-refractivity contribution < 1.29 is 9.53 Å². The fraction of sp³-hybridized carbons (Fsp3) is 0.381. The van der Waals surface area contributed by atoms with Crippen LogP contribution in [0.1, 0.15) is 41.8 Å². The zero-order valence-corrected chi connectivity index (χ0v) is 17.4. The van der Waals surface area contributed by atoms with E-state index in [0.29, 0.717) is 11.9 Å². The third kappa shape index (κ3) is 4.09. The lowest BCUT2D eigenvalue weighted by Gasteiger charge is -2.18. The first-order chi connectivity index (χ1) is 13.4. The van der Waals surface area contributed by atoms with Gasteiger partial charge in [0.25, 0.3) is 5.56 Å². The molecule has 1 N–H and O–H groups in total. The molecule has 0 saturated heterocycles. The van der Waals surface area contributed by atoms with E-state index in [1.54, 1.807) is 7.11 Å². The van der Waals surface area contributed by atoms with E-state index >= 15 is 0 Å². The zero-order valence-electron chi connectivity index (χ0n) is 16.6. The van der Waals surface area contributed by atoms with Gasteiger partial charge < -0.3 is 10.1 Å². The maximum atomic E-state index is 12.7. The minimum absolute atomic E-state index is 0.0718. The van der Waals surface area contributed by atoms with E-state index in [4.69, 9.17) is 4.74 Å². The molecule has 0 spiro atoms. The van der Waals surface area contributed by atoms with Crippen LogP contribution in [0.2, 0.25) is 0 Å². The van der Waals surface area contributed by atoms with Crippen molar-refractivity contribution in [3.05, 3.63) is 57.0 Å². The summed E-state index contributed by atoms with van der Waals surface area (Å²) in [6, 6.07) is 7.61. The summed E-state index contributed by atoms with van der Waals surface area (Å²) in [4.78, 5) is 31.4. The summed E-state index contributed by atoms with van der Waals surface area (Å²) in [6.07, 6.45) is 2.54. The average Bonchev–Trinajstić information content (AvgIpc) is 3.00. The van der Waals surface area contributed by atoms with Gasteiger partial charge in [0.1, 0.15) is 10.6 Å². The molecular formula is C21H25N3O3S. The fourth-order valence-electron chi connectivity index (χ4n) is 3.18. The van der Waals surface area contributed by atoms with Gasteiger partial charge in [-0.05, 0) is 43.5 Å². The molecule has 0 radical (unpaired) electrons. The SMILES string of the molecule is CCC(NC(=O)CCn1cnc2sc(C)c(C)c2c1=O)c1ccc(OC)cc1. The number of benzene rings is 1. The Morgan fingerprint density at radius 1 is 1.29 bits per heavy atom. The van der Waals surface area contributed by atoms with E-state index in [0.717, 1.165) is 33.0 Å². The Balaban J connectivity index is 1.67. The summed E-state index contributed by atoms with van der Waals surface area (Å²) >= 11 is 1.52. The van der Waals surface area contributed by atoms with Crippen LogP contribution in [-0.2, 0) is 11.3 Å². The van der Waals surface area contributed by atoms with Crippen molar-refractivity contribution in [1.29, 1.82) is 0 Å². The maximum absolute atomic E-state index is 12.7. The third-order valence-electron chi connectivity index (χ3n) is 5.00. The van der Waals surface area contributed by atoms with Crippen LogP contribution in [0.5, 0.6) is 5.75 Å². The molecule has 0 aliphatic heterocycles. The van der Waals surface area contributed by atoms with Crippen molar-refractivity contribution >= 4 is 27.5 Å². The number of ether oxygens (including phenoxy) is 1. The number of aryl methyl sites for hydroxylation is 3. The summed E-state index contributed by atoms with van der Waals surface area (Å²) in [5.41, 5.74) is 1.92. The molecule has 1 aromatic carbocycles. The van der Waals surface area contributed by atoms with Crippen LogP contribution < -0.4 is 15.6 Å². The average molecular weight is 400 g/mol. The molecule has 7 heteroatoms. The number of rotatable bonds is 7. The Morgan fingerprint density at radius 2 is 2.00 bits per heavy atom. The lowest BCUT2D eigenvalue weighted by molar-refractivity contribution is -0.122. The number of hydrogen-bond donors (Lipinski definition) is 1. The van der Waals surface area contributed by atoms with Gasteiger partial charge in [-0.2, -0.15) is 0 Å². The largest absolute Gasteiger partial charge is 0.497 e. The lowest BCUT2D eigenvalue weighted by atomic mass is 10.0. The minimum atomic E-state index is -0.0899. The number of nitrogens with zero attached hydrogens (tertiary/aromatic N) is 2. The number of aromatic nitrogens is 2. The second-order valence-electron chi connectivity index (χ2n) is 6.76. The highest BCUT2D eigenvalue weighted by atomic mass is 32.1. The summed E-state index contributed by atoms with van der Waals surface area (Å²) < 4.78 is 6.70. The van der Waals surface area contributed by atoms with Crippen molar-refractivity contribution in [2.45, 2.75) is 46.2 Å². The Labute approximate surface area is 168 Å². The van der Waals surface area contributed by atoms with Crippen LogP contribution in [-0.4, -0.2) is 22.6 Å². The van der Waals surface area contributed by atoms with E-state index in [1.165, 1.54) is 22.2 Å². The molecule has 3 rings (SSSR count). The van der Waals surface area contributed by atoms with Crippen LogP contribution in [0, 0.1) is 13.8 Å². The van der Waals surface area contributed by atoms with Gasteiger partial charge >= 0.3 is 0 Å². The van der Waals surface area contributed by atoms with E-state index in [9.17, 15) is 9.59 Å². The first kappa shape index (κ1) is 20.1. The molecule has 148 valence electrons. The number of hydrogen-bond acceptors (Lipinski definition) is 5. The van der Waals surface area contributed by atoms with Crippen LogP contribution in [0.15, 0.2) is 35.4 Å². The predicted molar refractivity (Wildman–Crippen MR) is 112 cm³/mol. The molecular weight excluding hydrogens is 374 g/mol. The molecule has 2 heterocycles. The molecule has 0 bridgehead atoms. The first-order valence-electron chi connectivity index (χ1n) is 9.33. The highest BCUT2D eigenvalue weighted by molar-refractivity contribution is 7.18. The summed E-state index contributed by atoms with van der Waals surface area (Å²) in [6.45, 7) is 6.26.